The second kappa shape index (κ2) is 7.49. The van der Waals surface area contributed by atoms with E-state index in [4.69, 9.17) is 14.2 Å². The second-order valence-corrected chi connectivity index (χ2v) is 8.28. The molecule has 0 aliphatic carbocycles. The first kappa shape index (κ1) is 19.4. The monoisotopic (exact) mass is 406 g/mol. The highest BCUT2D eigenvalue weighted by Crippen LogP contribution is 2.42. The fourth-order valence-corrected chi connectivity index (χ4v) is 4.40. The summed E-state index contributed by atoms with van der Waals surface area (Å²) in [5, 5.41) is 9.62. The number of aliphatic hydroxyl groups is 1. The number of thioether (sulfide) groups is 1. The van der Waals surface area contributed by atoms with Gasteiger partial charge in [-0.3, -0.25) is 14.3 Å². The molecule has 4 atom stereocenters. The van der Waals surface area contributed by atoms with Crippen LogP contribution in [0.4, 0.5) is 0 Å². The van der Waals surface area contributed by atoms with Crippen LogP contribution in [0.3, 0.4) is 0 Å². The third-order valence-corrected chi connectivity index (χ3v) is 5.82. The van der Waals surface area contributed by atoms with E-state index in [1.165, 1.54) is 22.5 Å². The summed E-state index contributed by atoms with van der Waals surface area (Å²) in [4.78, 5) is 28.1. The zero-order valence-corrected chi connectivity index (χ0v) is 16.3. The molecule has 150 valence electrons. The van der Waals surface area contributed by atoms with Crippen molar-refractivity contribution in [2.24, 2.45) is 0 Å². The highest BCUT2D eigenvalue weighted by Gasteiger charge is 2.55. The Morgan fingerprint density at radius 3 is 2.61 bits per heavy atom. The average molecular weight is 406 g/mol. The van der Waals surface area contributed by atoms with Gasteiger partial charge in [0.1, 0.15) is 18.3 Å². The van der Waals surface area contributed by atoms with Crippen molar-refractivity contribution in [2.45, 2.75) is 54.8 Å². The molecule has 0 unspecified atom stereocenters. The van der Waals surface area contributed by atoms with Crippen molar-refractivity contribution in [1.82, 2.24) is 9.55 Å². The van der Waals surface area contributed by atoms with E-state index in [0.717, 1.165) is 4.90 Å². The van der Waals surface area contributed by atoms with E-state index in [1.54, 1.807) is 13.8 Å². The van der Waals surface area contributed by atoms with Crippen LogP contribution in [-0.2, 0) is 20.0 Å². The highest BCUT2D eigenvalue weighted by atomic mass is 32.2. The molecule has 28 heavy (non-hydrogen) atoms. The minimum absolute atomic E-state index is 0.258. The third-order valence-electron chi connectivity index (χ3n) is 4.76. The van der Waals surface area contributed by atoms with Gasteiger partial charge in [-0.05, 0) is 26.0 Å². The smallest absolute Gasteiger partial charge is 0.330 e. The van der Waals surface area contributed by atoms with Gasteiger partial charge >= 0.3 is 5.69 Å². The first-order valence-corrected chi connectivity index (χ1v) is 10.0. The number of benzene rings is 1. The van der Waals surface area contributed by atoms with Gasteiger partial charge < -0.3 is 19.3 Å². The first-order chi connectivity index (χ1) is 13.4. The molecule has 9 heteroatoms. The van der Waals surface area contributed by atoms with Crippen molar-refractivity contribution in [3.63, 3.8) is 0 Å². The van der Waals surface area contributed by atoms with Gasteiger partial charge in [0.05, 0.1) is 6.61 Å². The molecule has 2 aliphatic rings. The molecular weight excluding hydrogens is 384 g/mol. The molecule has 2 fully saturated rings. The predicted octanol–water partition coefficient (Wildman–Crippen LogP) is 1.24. The average Bonchev–Trinajstić information content (AvgIpc) is 3.15. The van der Waals surface area contributed by atoms with E-state index >= 15 is 0 Å². The Morgan fingerprint density at radius 1 is 1.18 bits per heavy atom. The number of hydrogen-bond donors (Lipinski definition) is 2. The normalized spacial score (nSPS) is 28.4. The zero-order valence-electron chi connectivity index (χ0n) is 15.5. The molecule has 3 heterocycles. The van der Waals surface area contributed by atoms with Crippen LogP contribution in [0.15, 0.2) is 51.0 Å². The number of rotatable bonds is 5. The van der Waals surface area contributed by atoms with Crippen LogP contribution in [0.25, 0.3) is 0 Å². The van der Waals surface area contributed by atoms with Crippen LogP contribution in [0.5, 0.6) is 0 Å². The van der Waals surface area contributed by atoms with Gasteiger partial charge in [0.2, 0.25) is 0 Å². The van der Waals surface area contributed by atoms with Gasteiger partial charge in [-0.1, -0.05) is 18.2 Å². The van der Waals surface area contributed by atoms with Gasteiger partial charge in [0.15, 0.2) is 12.0 Å². The lowest BCUT2D eigenvalue weighted by atomic mass is 10.1. The lowest BCUT2D eigenvalue weighted by Crippen LogP contribution is -2.38. The number of aliphatic hydroxyl groups excluding tert-OH is 1. The van der Waals surface area contributed by atoms with Crippen LogP contribution in [-0.4, -0.2) is 45.4 Å². The Bertz CT molecular complexity index is 957. The second-order valence-electron chi connectivity index (χ2n) is 7.24. The minimum atomic E-state index is -0.845. The number of aromatic amines is 1. The van der Waals surface area contributed by atoms with Gasteiger partial charge in [0.25, 0.3) is 5.56 Å². The molecule has 2 saturated heterocycles. The number of nitrogens with one attached hydrogen (secondary N) is 1. The number of aromatic nitrogens is 2. The van der Waals surface area contributed by atoms with Crippen LogP contribution < -0.4 is 11.2 Å². The maximum absolute atomic E-state index is 12.5. The first-order valence-electron chi connectivity index (χ1n) is 9.02. The summed E-state index contributed by atoms with van der Waals surface area (Å²) < 4.78 is 18.9. The molecule has 2 aromatic rings. The zero-order chi connectivity index (χ0) is 19.9. The minimum Gasteiger partial charge on any atom is -0.394 e. The van der Waals surface area contributed by atoms with Crippen molar-refractivity contribution in [3.8, 4) is 0 Å². The summed E-state index contributed by atoms with van der Waals surface area (Å²) in [5.74, 6) is -0.449. The molecule has 0 spiro atoms. The molecule has 0 bridgehead atoms. The number of H-pyrrole nitrogens is 1. The maximum Gasteiger partial charge on any atom is 0.330 e. The lowest BCUT2D eigenvalue weighted by Gasteiger charge is -2.24. The van der Waals surface area contributed by atoms with Crippen molar-refractivity contribution in [2.75, 3.05) is 6.61 Å². The standard InChI is InChI=1S/C19H22N2O6S/c1-19(2)26-14-13(9-22)25-17(15(14)27-19)21-8-11(16(23)20-18(21)24)10-28-12-6-4-3-5-7-12/h3-8,13-15,17,22H,9-10H2,1-2H3,(H,20,23,24)/t13-,14-,15-,17-/m1/s1. The number of nitrogens with zero attached hydrogens (tertiary/aromatic N) is 1. The van der Waals surface area contributed by atoms with E-state index < -0.39 is 41.6 Å². The van der Waals surface area contributed by atoms with Crippen molar-refractivity contribution in [3.05, 3.63) is 62.9 Å². The van der Waals surface area contributed by atoms with E-state index in [-0.39, 0.29) is 6.61 Å². The summed E-state index contributed by atoms with van der Waals surface area (Å²) in [6.45, 7) is 3.29. The number of fused-ring (bicyclic) bond motifs is 1. The van der Waals surface area contributed by atoms with Crippen LogP contribution >= 0.6 is 11.8 Å². The molecule has 0 radical (unpaired) electrons. The highest BCUT2D eigenvalue weighted by molar-refractivity contribution is 7.98. The molecule has 2 N–H and O–H groups in total. The number of ether oxygens (including phenoxy) is 3. The molecule has 4 rings (SSSR count). The van der Waals surface area contributed by atoms with Crippen LogP contribution in [0.2, 0.25) is 0 Å². The Kier molecular flexibility index (Phi) is 5.19. The topological polar surface area (TPSA) is 103 Å². The maximum atomic E-state index is 12.5. The van der Waals surface area contributed by atoms with E-state index in [2.05, 4.69) is 4.98 Å². The van der Waals surface area contributed by atoms with Crippen molar-refractivity contribution >= 4 is 11.8 Å². The molecule has 0 amide bonds. The molecular formula is C19H22N2O6S. The van der Waals surface area contributed by atoms with Gasteiger partial charge in [-0.2, -0.15) is 0 Å². The summed E-state index contributed by atoms with van der Waals surface area (Å²) in [6.07, 6.45) is -0.962. The quantitative estimate of drug-likeness (QED) is 0.720. The van der Waals surface area contributed by atoms with E-state index in [1.807, 2.05) is 30.3 Å². The Balaban J connectivity index is 1.62. The molecule has 0 saturated carbocycles. The summed E-state index contributed by atoms with van der Waals surface area (Å²) in [5.41, 5.74) is -0.574. The number of hydrogen-bond acceptors (Lipinski definition) is 7. The van der Waals surface area contributed by atoms with Crippen LogP contribution in [0.1, 0.15) is 25.6 Å². The molecule has 1 aromatic carbocycles. The van der Waals surface area contributed by atoms with Crippen LogP contribution in [0, 0.1) is 0 Å². The summed E-state index contributed by atoms with van der Waals surface area (Å²) in [6, 6.07) is 9.68. The Hall–Kier alpha value is -1.91. The molecule has 8 nitrogen and oxygen atoms in total. The van der Waals surface area contributed by atoms with Gasteiger partial charge in [-0.15, -0.1) is 11.8 Å². The summed E-state index contributed by atoms with van der Waals surface area (Å²) in [7, 11) is 0. The predicted molar refractivity (Wildman–Crippen MR) is 102 cm³/mol. The lowest BCUT2D eigenvalue weighted by molar-refractivity contribution is -0.200. The Labute approximate surface area is 165 Å². The molecule has 2 aliphatic heterocycles. The van der Waals surface area contributed by atoms with Crippen molar-refractivity contribution in [1.29, 1.82) is 0 Å². The van der Waals surface area contributed by atoms with Crippen molar-refractivity contribution < 1.29 is 19.3 Å². The SMILES string of the molecule is CC1(C)O[C@@H]2[C@H](O1)[C@@H](CO)O[C@H]2n1cc(CSc2ccccc2)c(=O)[nH]c1=O. The van der Waals surface area contributed by atoms with E-state index in [9.17, 15) is 14.7 Å². The summed E-state index contributed by atoms with van der Waals surface area (Å²) >= 11 is 1.50. The fraction of sp³-hybridized carbons (Fsp3) is 0.474. The van der Waals surface area contributed by atoms with Gasteiger partial charge in [0, 0.05) is 22.4 Å². The largest absolute Gasteiger partial charge is 0.394 e. The fourth-order valence-electron chi connectivity index (χ4n) is 3.53. The van der Waals surface area contributed by atoms with Gasteiger partial charge in [-0.25, -0.2) is 4.79 Å². The van der Waals surface area contributed by atoms with E-state index in [0.29, 0.717) is 11.3 Å². The third kappa shape index (κ3) is 3.68. The Morgan fingerprint density at radius 2 is 1.89 bits per heavy atom. The molecule has 1 aromatic heterocycles.